The Kier molecular flexibility index (Phi) is 5.28. The average Bonchev–Trinajstić information content (AvgIpc) is 2.96. The standard InChI is InChI=1S/C16H22F2N2O/c1-3-9-20(10-12-5-4-8-19-12)16(21)14-13(17)7-6-11(2)15(14)18/h6-7,12,19H,3-5,8-10H2,1-2H3. The van der Waals surface area contributed by atoms with Crippen molar-refractivity contribution in [2.45, 2.75) is 39.2 Å². The van der Waals surface area contributed by atoms with Crippen LogP contribution in [0.4, 0.5) is 8.78 Å². The van der Waals surface area contributed by atoms with Crippen LogP contribution in [0.25, 0.3) is 0 Å². The quantitative estimate of drug-likeness (QED) is 0.906. The molecule has 5 heteroatoms. The van der Waals surface area contributed by atoms with Gasteiger partial charge in [0.05, 0.1) is 0 Å². The van der Waals surface area contributed by atoms with Crippen molar-refractivity contribution in [3.8, 4) is 0 Å². The van der Waals surface area contributed by atoms with Gasteiger partial charge >= 0.3 is 0 Å². The van der Waals surface area contributed by atoms with E-state index in [1.54, 1.807) is 4.90 Å². The van der Waals surface area contributed by atoms with Gasteiger partial charge in [-0.1, -0.05) is 13.0 Å². The van der Waals surface area contributed by atoms with Crippen LogP contribution >= 0.6 is 0 Å². The molecule has 1 atom stereocenters. The molecule has 3 nitrogen and oxygen atoms in total. The van der Waals surface area contributed by atoms with Gasteiger partial charge in [-0.15, -0.1) is 0 Å². The summed E-state index contributed by atoms with van der Waals surface area (Å²) in [6.45, 7) is 5.43. The van der Waals surface area contributed by atoms with Gasteiger partial charge in [0.1, 0.15) is 17.2 Å². The summed E-state index contributed by atoms with van der Waals surface area (Å²) in [6.07, 6.45) is 2.83. The van der Waals surface area contributed by atoms with Gasteiger partial charge < -0.3 is 10.2 Å². The summed E-state index contributed by atoms with van der Waals surface area (Å²) in [7, 11) is 0. The van der Waals surface area contributed by atoms with Gasteiger partial charge in [-0.2, -0.15) is 0 Å². The summed E-state index contributed by atoms with van der Waals surface area (Å²) in [6, 6.07) is 2.73. The number of hydrogen-bond acceptors (Lipinski definition) is 2. The van der Waals surface area contributed by atoms with Crippen molar-refractivity contribution in [1.29, 1.82) is 0 Å². The fourth-order valence-corrected chi connectivity index (χ4v) is 2.74. The van der Waals surface area contributed by atoms with Crippen LogP contribution in [0, 0.1) is 18.6 Å². The number of halogens is 2. The minimum absolute atomic E-state index is 0.219. The summed E-state index contributed by atoms with van der Waals surface area (Å²) in [5.41, 5.74) is -0.142. The average molecular weight is 296 g/mol. The van der Waals surface area contributed by atoms with Gasteiger partial charge in [0.25, 0.3) is 5.91 Å². The smallest absolute Gasteiger partial charge is 0.259 e. The topological polar surface area (TPSA) is 32.3 Å². The molecule has 0 aliphatic carbocycles. The SMILES string of the molecule is CCCN(CC1CCCN1)C(=O)c1c(F)ccc(C)c1F. The second kappa shape index (κ2) is 6.98. The summed E-state index contributed by atoms with van der Waals surface area (Å²) >= 11 is 0. The van der Waals surface area contributed by atoms with E-state index in [1.807, 2.05) is 6.92 Å². The van der Waals surface area contributed by atoms with Crippen molar-refractivity contribution in [2.75, 3.05) is 19.6 Å². The third kappa shape index (κ3) is 3.59. The highest BCUT2D eigenvalue weighted by molar-refractivity contribution is 5.95. The van der Waals surface area contributed by atoms with Gasteiger partial charge in [-0.05, 0) is 44.4 Å². The van der Waals surface area contributed by atoms with Crippen LogP contribution in [-0.2, 0) is 0 Å². The first kappa shape index (κ1) is 15.9. The Morgan fingerprint density at radius 1 is 1.43 bits per heavy atom. The molecular formula is C16H22F2N2O. The highest BCUT2D eigenvalue weighted by atomic mass is 19.1. The molecule has 1 aliphatic heterocycles. The maximum atomic E-state index is 14.1. The lowest BCUT2D eigenvalue weighted by Crippen LogP contribution is -2.42. The molecule has 0 aromatic heterocycles. The second-order valence-corrected chi connectivity index (χ2v) is 5.60. The van der Waals surface area contributed by atoms with Crippen LogP contribution in [0.2, 0.25) is 0 Å². The van der Waals surface area contributed by atoms with Crippen LogP contribution in [0.5, 0.6) is 0 Å². The van der Waals surface area contributed by atoms with E-state index in [4.69, 9.17) is 0 Å². The van der Waals surface area contributed by atoms with Crippen LogP contribution in [0.3, 0.4) is 0 Å². The zero-order valence-electron chi connectivity index (χ0n) is 12.6. The van der Waals surface area contributed by atoms with Crippen molar-refractivity contribution < 1.29 is 13.6 Å². The van der Waals surface area contributed by atoms with Crippen LogP contribution in [0.1, 0.15) is 42.1 Å². The first-order chi connectivity index (χ1) is 10.0. The molecule has 0 spiro atoms. The Balaban J connectivity index is 2.23. The third-order valence-electron chi connectivity index (χ3n) is 3.88. The number of benzene rings is 1. The third-order valence-corrected chi connectivity index (χ3v) is 3.88. The first-order valence-electron chi connectivity index (χ1n) is 7.51. The zero-order chi connectivity index (χ0) is 15.4. The Morgan fingerprint density at radius 2 is 2.19 bits per heavy atom. The Bertz CT molecular complexity index is 513. The molecule has 1 N–H and O–H groups in total. The number of rotatable bonds is 5. The van der Waals surface area contributed by atoms with Crippen molar-refractivity contribution >= 4 is 5.91 Å². The molecule has 1 aliphatic rings. The number of nitrogens with zero attached hydrogens (tertiary/aromatic N) is 1. The van der Waals surface area contributed by atoms with Crippen molar-refractivity contribution in [1.82, 2.24) is 10.2 Å². The predicted octanol–water partition coefficient (Wildman–Crippen LogP) is 2.88. The molecule has 21 heavy (non-hydrogen) atoms. The van der Waals surface area contributed by atoms with Crippen molar-refractivity contribution in [2.24, 2.45) is 0 Å². The zero-order valence-corrected chi connectivity index (χ0v) is 12.6. The molecule has 1 heterocycles. The lowest BCUT2D eigenvalue weighted by molar-refractivity contribution is 0.0731. The molecule has 1 amide bonds. The number of amides is 1. The summed E-state index contributed by atoms with van der Waals surface area (Å²) in [5, 5.41) is 3.31. The minimum atomic E-state index is -0.788. The lowest BCUT2D eigenvalue weighted by Gasteiger charge is -2.26. The second-order valence-electron chi connectivity index (χ2n) is 5.60. The summed E-state index contributed by atoms with van der Waals surface area (Å²) in [4.78, 5) is 14.1. The normalized spacial score (nSPS) is 18.0. The van der Waals surface area contributed by atoms with E-state index < -0.39 is 23.1 Å². The van der Waals surface area contributed by atoms with Gasteiger partial charge in [-0.25, -0.2) is 8.78 Å². The maximum absolute atomic E-state index is 14.1. The Labute approximate surface area is 124 Å². The molecular weight excluding hydrogens is 274 g/mol. The molecule has 0 bridgehead atoms. The van der Waals surface area contributed by atoms with Crippen LogP contribution in [0.15, 0.2) is 12.1 Å². The maximum Gasteiger partial charge on any atom is 0.259 e. The van der Waals surface area contributed by atoms with Gasteiger partial charge in [0.2, 0.25) is 0 Å². The molecule has 1 aromatic carbocycles. The summed E-state index contributed by atoms with van der Waals surface area (Å²) in [5.74, 6) is -2.09. The van der Waals surface area contributed by atoms with E-state index in [9.17, 15) is 13.6 Å². The number of carbonyl (C=O) groups excluding carboxylic acids is 1. The largest absolute Gasteiger partial charge is 0.337 e. The molecule has 1 saturated heterocycles. The van der Waals surface area contributed by atoms with Crippen molar-refractivity contribution in [3.63, 3.8) is 0 Å². The first-order valence-corrected chi connectivity index (χ1v) is 7.51. The van der Waals surface area contributed by atoms with Gasteiger partial charge in [-0.3, -0.25) is 4.79 Å². The Hall–Kier alpha value is -1.49. The fourth-order valence-electron chi connectivity index (χ4n) is 2.74. The predicted molar refractivity (Wildman–Crippen MR) is 78.3 cm³/mol. The number of hydrogen-bond donors (Lipinski definition) is 1. The van der Waals surface area contributed by atoms with E-state index in [0.29, 0.717) is 13.1 Å². The van der Waals surface area contributed by atoms with E-state index in [-0.39, 0.29) is 11.6 Å². The van der Waals surface area contributed by atoms with E-state index >= 15 is 0 Å². The fraction of sp³-hybridized carbons (Fsp3) is 0.562. The molecule has 1 unspecified atom stereocenters. The van der Waals surface area contributed by atoms with E-state index in [2.05, 4.69) is 5.32 Å². The van der Waals surface area contributed by atoms with Gasteiger partial charge in [0, 0.05) is 19.1 Å². The number of nitrogens with one attached hydrogen (secondary N) is 1. The Morgan fingerprint density at radius 3 is 2.81 bits per heavy atom. The molecule has 1 fully saturated rings. The van der Waals surface area contributed by atoms with Crippen LogP contribution < -0.4 is 5.32 Å². The molecule has 2 rings (SSSR count). The molecule has 0 radical (unpaired) electrons. The highest BCUT2D eigenvalue weighted by Crippen LogP contribution is 2.19. The summed E-state index contributed by atoms with van der Waals surface area (Å²) < 4.78 is 28.0. The van der Waals surface area contributed by atoms with Crippen LogP contribution in [-0.4, -0.2) is 36.5 Å². The van der Waals surface area contributed by atoms with E-state index in [1.165, 1.54) is 13.0 Å². The van der Waals surface area contributed by atoms with E-state index in [0.717, 1.165) is 31.9 Å². The highest BCUT2D eigenvalue weighted by Gasteiger charge is 2.26. The lowest BCUT2D eigenvalue weighted by atomic mass is 10.1. The monoisotopic (exact) mass is 296 g/mol. The van der Waals surface area contributed by atoms with Gasteiger partial charge in [0.15, 0.2) is 0 Å². The molecule has 0 saturated carbocycles. The minimum Gasteiger partial charge on any atom is -0.337 e. The molecule has 116 valence electrons. The number of carbonyl (C=O) groups is 1. The number of aryl methyl sites for hydroxylation is 1. The molecule has 1 aromatic rings. The van der Waals surface area contributed by atoms with Crippen molar-refractivity contribution in [3.05, 3.63) is 34.9 Å².